The quantitative estimate of drug-likeness (QED) is 0.922. The monoisotopic (exact) mass is 304 g/mol. The summed E-state index contributed by atoms with van der Waals surface area (Å²) in [5.41, 5.74) is 2.03. The van der Waals surface area contributed by atoms with Gasteiger partial charge in [0.2, 0.25) is 0 Å². The summed E-state index contributed by atoms with van der Waals surface area (Å²) >= 11 is 1.66. The van der Waals surface area contributed by atoms with E-state index < -0.39 is 0 Å². The summed E-state index contributed by atoms with van der Waals surface area (Å²) in [6.45, 7) is 3.55. The molecule has 1 N–H and O–H groups in total. The Morgan fingerprint density at radius 2 is 2.05 bits per heavy atom. The average Bonchev–Trinajstić information content (AvgIpc) is 3.05. The van der Waals surface area contributed by atoms with Gasteiger partial charge in [-0.3, -0.25) is 0 Å². The predicted octanol–water partition coefficient (Wildman–Crippen LogP) is 2.24. The number of nitrogens with one attached hydrogen (secondary N) is 1. The smallest absolute Gasteiger partial charge is 0.162 e. The predicted molar refractivity (Wildman–Crippen MR) is 80.1 cm³/mol. The number of fused-ring (bicyclic) bond motifs is 1. The summed E-state index contributed by atoms with van der Waals surface area (Å²) < 4.78 is 16.7. The molecule has 0 bridgehead atoms. The first-order valence-corrected chi connectivity index (χ1v) is 7.95. The van der Waals surface area contributed by atoms with E-state index in [4.69, 9.17) is 19.2 Å². The molecule has 2 aliphatic heterocycles. The van der Waals surface area contributed by atoms with Crippen molar-refractivity contribution in [1.29, 1.82) is 0 Å². The van der Waals surface area contributed by atoms with Gasteiger partial charge in [0.15, 0.2) is 11.5 Å². The van der Waals surface area contributed by atoms with Gasteiger partial charge in [0.25, 0.3) is 0 Å². The van der Waals surface area contributed by atoms with Crippen LogP contribution in [0.1, 0.15) is 11.0 Å². The lowest BCUT2D eigenvalue weighted by atomic mass is 10.1. The van der Waals surface area contributed by atoms with Crippen LogP contribution in [0.15, 0.2) is 23.6 Å². The van der Waals surface area contributed by atoms with Crippen molar-refractivity contribution in [3.63, 3.8) is 0 Å². The van der Waals surface area contributed by atoms with Crippen molar-refractivity contribution in [3.8, 4) is 22.8 Å². The molecule has 6 heteroatoms. The van der Waals surface area contributed by atoms with Crippen molar-refractivity contribution in [3.05, 3.63) is 28.6 Å². The number of nitrogens with zero attached hydrogens (tertiary/aromatic N) is 1. The first kappa shape index (κ1) is 13.1. The molecule has 0 amide bonds. The van der Waals surface area contributed by atoms with Crippen LogP contribution < -0.4 is 14.8 Å². The molecule has 1 saturated heterocycles. The lowest BCUT2D eigenvalue weighted by Gasteiger charge is -2.21. The molecule has 5 nitrogen and oxygen atoms in total. The van der Waals surface area contributed by atoms with Crippen molar-refractivity contribution < 1.29 is 14.2 Å². The highest BCUT2D eigenvalue weighted by molar-refractivity contribution is 7.10. The standard InChI is InChI=1S/C15H16N2O3S/c1-2-13-14(20-6-5-19-13)7-10(1)12-9-21-15(17-12)11-8-18-4-3-16-11/h1-2,7,9,11,16H,3-6,8H2. The summed E-state index contributed by atoms with van der Waals surface area (Å²) in [5, 5.41) is 6.58. The second-order valence-corrected chi connectivity index (χ2v) is 5.90. The largest absolute Gasteiger partial charge is 0.486 e. The Kier molecular flexibility index (Phi) is 3.50. The van der Waals surface area contributed by atoms with Crippen LogP contribution in [0, 0.1) is 0 Å². The van der Waals surface area contributed by atoms with E-state index in [0.717, 1.165) is 40.9 Å². The Hall–Kier alpha value is -1.63. The maximum absolute atomic E-state index is 5.63. The fourth-order valence-electron chi connectivity index (χ4n) is 2.51. The normalized spacial score (nSPS) is 21.2. The van der Waals surface area contributed by atoms with Crippen molar-refractivity contribution in [2.75, 3.05) is 33.0 Å². The van der Waals surface area contributed by atoms with Crippen LogP contribution in [0.3, 0.4) is 0 Å². The number of hydrogen-bond donors (Lipinski definition) is 1. The summed E-state index contributed by atoms with van der Waals surface area (Å²) in [6, 6.07) is 6.18. The summed E-state index contributed by atoms with van der Waals surface area (Å²) in [7, 11) is 0. The van der Waals surface area contributed by atoms with Crippen LogP contribution in [0.2, 0.25) is 0 Å². The summed E-state index contributed by atoms with van der Waals surface area (Å²) in [4.78, 5) is 4.73. The van der Waals surface area contributed by atoms with Crippen molar-refractivity contribution in [2.45, 2.75) is 6.04 Å². The maximum atomic E-state index is 5.63. The van der Waals surface area contributed by atoms with Gasteiger partial charge in [-0.25, -0.2) is 4.98 Å². The molecule has 2 aromatic rings. The highest BCUT2D eigenvalue weighted by atomic mass is 32.1. The van der Waals surface area contributed by atoms with Crippen LogP contribution in [-0.4, -0.2) is 38.0 Å². The number of rotatable bonds is 2. The molecule has 1 aromatic heterocycles. The van der Waals surface area contributed by atoms with Gasteiger partial charge in [-0.15, -0.1) is 11.3 Å². The summed E-state index contributed by atoms with van der Waals surface area (Å²) in [6.07, 6.45) is 0. The van der Waals surface area contributed by atoms with Gasteiger partial charge in [0.05, 0.1) is 24.9 Å². The third-order valence-corrected chi connectivity index (χ3v) is 4.54. The lowest BCUT2D eigenvalue weighted by Crippen LogP contribution is -2.34. The van der Waals surface area contributed by atoms with E-state index in [0.29, 0.717) is 19.8 Å². The zero-order chi connectivity index (χ0) is 14.1. The Morgan fingerprint density at radius 3 is 2.90 bits per heavy atom. The van der Waals surface area contributed by atoms with Crippen LogP contribution in [0.4, 0.5) is 0 Å². The highest BCUT2D eigenvalue weighted by Crippen LogP contribution is 2.35. The first-order valence-electron chi connectivity index (χ1n) is 7.07. The molecule has 1 unspecified atom stereocenters. The van der Waals surface area contributed by atoms with Crippen molar-refractivity contribution in [1.82, 2.24) is 10.3 Å². The third-order valence-electron chi connectivity index (χ3n) is 3.58. The Bertz CT molecular complexity index is 638. The van der Waals surface area contributed by atoms with Crippen molar-refractivity contribution >= 4 is 11.3 Å². The molecule has 0 spiro atoms. The molecule has 1 atom stereocenters. The minimum absolute atomic E-state index is 0.203. The number of aromatic nitrogens is 1. The van der Waals surface area contributed by atoms with Gasteiger partial charge in [-0.1, -0.05) is 0 Å². The van der Waals surface area contributed by atoms with E-state index >= 15 is 0 Å². The fourth-order valence-corrected chi connectivity index (χ4v) is 3.39. The highest BCUT2D eigenvalue weighted by Gasteiger charge is 2.19. The van der Waals surface area contributed by atoms with E-state index in [1.54, 1.807) is 11.3 Å². The van der Waals surface area contributed by atoms with Crippen LogP contribution in [0.5, 0.6) is 11.5 Å². The second-order valence-electron chi connectivity index (χ2n) is 5.01. The number of hydrogen-bond acceptors (Lipinski definition) is 6. The number of benzene rings is 1. The fraction of sp³-hybridized carbons (Fsp3) is 0.400. The number of thiazole rings is 1. The second kappa shape index (κ2) is 5.63. The van der Waals surface area contributed by atoms with Crippen LogP contribution in [-0.2, 0) is 4.74 Å². The zero-order valence-corrected chi connectivity index (χ0v) is 12.3. The maximum Gasteiger partial charge on any atom is 0.162 e. The minimum atomic E-state index is 0.203. The zero-order valence-electron chi connectivity index (χ0n) is 11.5. The average molecular weight is 304 g/mol. The molecule has 3 heterocycles. The SMILES string of the molecule is c1cc2c(cc1-c1csc(C3COCCN3)n1)OCCO2. The van der Waals surface area contributed by atoms with Crippen molar-refractivity contribution in [2.24, 2.45) is 0 Å². The molecule has 110 valence electrons. The number of ether oxygens (including phenoxy) is 3. The van der Waals surface area contributed by atoms with E-state index in [1.165, 1.54) is 0 Å². The van der Waals surface area contributed by atoms with E-state index in [-0.39, 0.29) is 6.04 Å². The number of morpholine rings is 1. The third kappa shape index (κ3) is 2.62. The topological polar surface area (TPSA) is 52.6 Å². The van der Waals surface area contributed by atoms with E-state index in [1.807, 2.05) is 18.2 Å². The Balaban J connectivity index is 1.60. The molecule has 1 aromatic carbocycles. The summed E-state index contributed by atoms with van der Waals surface area (Å²) in [5.74, 6) is 1.61. The molecule has 0 aliphatic carbocycles. The van der Waals surface area contributed by atoms with Gasteiger partial charge < -0.3 is 19.5 Å². The van der Waals surface area contributed by atoms with Crippen LogP contribution in [0.25, 0.3) is 11.3 Å². The van der Waals surface area contributed by atoms with Gasteiger partial charge in [-0.05, 0) is 18.2 Å². The molecule has 0 saturated carbocycles. The molecule has 4 rings (SSSR count). The lowest BCUT2D eigenvalue weighted by molar-refractivity contribution is 0.0768. The molecule has 21 heavy (non-hydrogen) atoms. The molecule has 2 aliphatic rings. The Morgan fingerprint density at radius 1 is 1.14 bits per heavy atom. The van der Waals surface area contributed by atoms with E-state index in [2.05, 4.69) is 10.7 Å². The van der Waals surface area contributed by atoms with Gasteiger partial charge in [-0.2, -0.15) is 0 Å². The van der Waals surface area contributed by atoms with E-state index in [9.17, 15) is 0 Å². The van der Waals surface area contributed by atoms with Gasteiger partial charge >= 0.3 is 0 Å². The van der Waals surface area contributed by atoms with Gasteiger partial charge in [0, 0.05) is 17.5 Å². The molecular weight excluding hydrogens is 288 g/mol. The van der Waals surface area contributed by atoms with Gasteiger partial charge in [0.1, 0.15) is 18.2 Å². The Labute approximate surface area is 126 Å². The molecule has 1 fully saturated rings. The molecule has 0 radical (unpaired) electrons. The van der Waals surface area contributed by atoms with Crippen LogP contribution >= 0.6 is 11.3 Å². The minimum Gasteiger partial charge on any atom is -0.486 e. The molecular formula is C15H16N2O3S. The first-order chi connectivity index (χ1) is 10.4.